The van der Waals surface area contributed by atoms with Gasteiger partial charge in [0.05, 0.1) is 4.90 Å². The summed E-state index contributed by atoms with van der Waals surface area (Å²) in [5.41, 5.74) is 2.11. The monoisotopic (exact) mass is 330 g/mol. The quantitative estimate of drug-likeness (QED) is 0.869. The summed E-state index contributed by atoms with van der Waals surface area (Å²) in [6.45, 7) is 5.71. The van der Waals surface area contributed by atoms with Crippen LogP contribution in [0.3, 0.4) is 0 Å². The molecule has 2 aromatic rings. The van der Waals surface area contributed by atoms with Gasteiger partial charge in [-0.25, -0.2) is 8.42 Å². The Hall–Kier alpha value is -1.85. The third-order valence-electron chi connectivity index (χ3n) is 4.31. The Morgan fingerprint density at radius 1 is 1.00 bits per heavy atom. The standard InChI is InChI=1S/C18H22N2O2S/c1-15-7-6-10-18(13-15)23(21,22)19-11-12-20(16(2)14-19)17-8-4-3-5-9-17/h3-10,13,16H,11-12,14H2,1-2H3. The Labute approximate surface area is 138 Å². The van der Waals surface area contributed by atoms with E-state index in [1.807, 2.05) is 31.2 Å². The molecule has 1 atom stereocenters. The molecule has 0 N–H and O–H groups in total. The summed E-state index contributed by atoms with van der Waals surface area (Å²) >= 11 is 0. The Kier molecular flexibility index (Phi) is 4.41. The molecule has 23 heavy (non-hydrogen) atoms. The van der Waals surface area contributed by atoms with E-state index in [2.05, 4.69) is 24.0 Å². The minimum absolute atomic E-state index is 0.144. The van der Waals surface area contributed by atoms with Crippen LogP contribution in [0.1, 0.15) is 12.5 Å². The van der Waals surface area contributed by atoms with Crippen molar-refractivity contribution in [1.29, 1.82) is 0 Å². The molecule has 0 amide bonds. The van der Waals surface area contributed by atoms with Gasteiger partial charge in [0.15, 0.2) is 0 Å². The predicted octanol–water partition coefficient (Wildman–Crippen LogP) is 2.89. The highest BCUT2D eigenvalue weighted by molar-refractivity contribution is 7.89. The molecular weight excluding hydrogens is 308 g/mol. The average molecular weight is 330 g/mol. The van der Waals surface area contributed by atoms with E-state index in [0.717, 1.165) is 11.3 Å². The molecule has 1 fully saturated rings. The van der Waals surface area contributed by atoms with Crippen molar-refractivity contribution < 1.29 is 8.42 Å². The maximum Gasteiger partial charge on any atom is 0.243 e. The molecule has 4 nitrogen and oxygen atoms in total. The lowest BCUT2D eigenvalue weighted by atomic mass is 10.2. The number of anilines is 1. The van der Waals surface area contributed by atoms with Crippen LogP contribution in [0.25, 0.3) is 0 Å². The van der Waals surface area contributed by atoms with E-state index >= 15 is 0 Å². The number of hydrogen-bond donors (Lipinski definition) is 0. The molecule has 1 saturated heterocycles. The van der Waals surface area contributed by atoms with Gasteiger partial charge in [-0.1, -0.05) is 30.3 Å². The van der Waals surface area contributed by atoms with E-state index in [0.29, 0.717) is 24.5 Å². The molecule has 0 saturated carbocycles. The van der Waals surface area contributed by atoms with Crippen LogP contribution in [0, 0.1) is 6.92 Å². The van der Waals surface area contributed by atoms with Gasteiger partial charge in [0.2, 0.25) is 10.0 Å². The molecule has 0 spiro atoms. The minimum atomic E-state index is -3.42. The van der Waals surface area contributed by atoms with Crippen molar-refractivity contribution in [3.8, 4) is 0 Å². The normalized spacial score (nSPS) is 19.7. The van der Waals surface area contributed by atoms with Crippen molar-refractivity contribution in [1.82, 2.24) is 4.31 Å². The minimum Gasteiger partial charge on any atom is -0.366 e. The Morgan fingerprint density at radius 3 is 2.39 bits per heavy atom. The average Bonchev–Trinajstić information content (AvgIpc) is 2.55. The number of sulfonamides is 1. The Morgan fingerprint density at radius 2 is 1.74 bits per heavy atom. The number of rotatable bonds is 3. The molecule has 1 heterocycles. The van der Waals surface area contributed by atoms with Crippen LogP contribution in [0.15, 0.2) is 59.5 Å². The highest BCUT2D eigenvalue weighted by Crippen LogP contribution is 2.24. The Bertz CT molecular complexity index is 775. The van der Waals surface area contributed by atoms with E-state index < -0.39 is 10.0 Å². The first-order valence-corrected chi connectivity index (χ1v) is 9.31. The summed E-state index contributed by atoms with van der Waals surface area (Å²) in [7, 11) is -3.42. The van der Waals surface area contributed by atoms with Gasteiger partial charge in [-0.2, -0.15) is 4.31 Å². The molecule has 122 valence electrons. The first-order chi connectivity index (χ1) is 11.0. The van der Waals surface area contributed by atoms with E-state index in [9.17, 15) is 8.42 Å². The van der Waals surface area contributed by atoms with Gasteiger partial charge in [0.1, 0.15) is 0 Å². The molecule has 3 rings (SSSR count). The van der Waals surface area contributed by atoms with Crippen LogP contribution in [-0.2, 0) is 10.0 Å². The van der Waals surface area contributed by atoms with Gasteiger partial charge in [-0.15, -0.1) is 0 Å². The predicted molar refractivity (Wildman–Crippen MR) is 93.2 cm³/mol. The van der Waals surface area contributed by atoms with Gasteiger partial charge < -0.3 is 4.90 Å². The van der Waals surface area contributed by atoms with Crippen molar-refractivity contribution in [2.45, 2.75) is 24.8 Å². The topological polar surface area (TPSA) is 40.6 Å². The van der Waals surface area contributed by atoms with Crippen LogP contribution < -0.4 is 4.90 Å². The highest BCUT2D eigenvalue weighted by atomic mass is 32.2. The van der Waals surface area contributed by atoms with Crippen molar-refractivity contribution in [3.63, 3.8) is 0 Å². The van der Waals surface area contributed by atoms with Crippen LogP contribution in [0.4, 0.5) is 5.69 Å². The second kappa shape index (κ2) is 6.34. The largest absolute Gasteiger partial charge is 0.366 e. The molecular formula is C18H22N2O2S. The molecule has 0 aromatic heterocycles. The molecule has 1 unspecified atom stereocenters. The maximum absolute atomic E-state index is 12.8. The Balaban J connectivity index is 1.80. The molecule has 2 aromatic carbocycles. The molecule has 0 radical (unpaired) electrons. The first-order valence-electron chi connectivity index (χ1n) is 7.87. The summed E-state index contributed by atoms with van der Waals surface area (Å²) in [5.74, 6) is 0. The summed E-state index contributed by atoms with van der Waals surface area (Å²) in [6.07, 6.45) is 0. The summed E-state index contributed by atoms with van der Waals surface area (Å²) < 4.78 is 27.3. The number of hydrogen-bond acceptors (Lipinski definition) is 3. The van der Waals surface area contributed by atoms with Crippen LogP contribution in [-0.4, -0.2) is 38.4 Å². The molecule has 5 heteroatoms. The zero-order valence-corrected chi connectivity index (χ0v) is 14.3. The molecule has 0 bridgehead atoms. The van der Waals surface area contributed by atoms with Crippen LogP contribution >= 0.6 is 0 Å². The zero-order valence-electron chi connectivity index (χ0n) is 13.5. The second-order valence-corrected chi connectivity index (χ2v) is 8.00. The fraction of sp³-hybridized carbons (Fsp3) is 0.333. The van der Waals surface area contributed by atoms with Crippen molar-refractivity contribution >= 4 is 15.7 Å². The van der Waals surface area contributed by atoms with Gasteiger partial charge in [-0.05, 0) is 43.7 Å². The van der Waals surface area contributed by atoms with Gasteiger partial charge >= 0.3 is 0 Å². The number of nitrogens with zero attached hydrogens (tertiary/aromatic N) is 2. The SMILES string of the molecule is Cc1cccc(S(=O)(=O)N2CCN(c3ccccc3)C(C)C2)c1. The van der Waals surface area contributed by atoms with E-state index in [1.54, 1.807) is 22.5 Å². The van der Waals surface area contributed by atoms with Gasteiger partial charge in [-0.3, -0.25) is 0 Å². The van der Waals surface area contributed by atoms with E-state index in [4.69, 9.17) is 0 Å². The van der Waals surface area contributed by atoms with Gasteiger partial charge in [0, 0.05) is 31.4 Å². The fourth-order valence-electron chi connectivity index (χ4n) is 3.07. The summed E-state index contributed by atoms with van der Waals surface area (Å²) in [6, 6.07) is 17.4. The van der Waals surface area contributed by atoms with E-state index in [-0.39, 0.29) is 6.04 Å². The smallest absolute Gasteiger partial charge is 0.243 e. The lowest BCUT2D eigenvalue weighted by Crippen LogP contribution is -2.53. The maximum atomic E-state index is 12.8. The fourth-order valence-corrected chi connectivity index (χ4v) is 4.69. The van der Waals surface area contributed by atoms with E-state index in [1.165, 1.54) is 0 Å². The van der Waals surface area contributed by atoms with Crippen molar-refractivity contribution in [2.75, 3.05) is 24.5 Å². The number of para-hydroxylation sites is 1. The molecule has 1 aliphatic rings. The molecule has 0 aliphatic carbocycles. The first kappa shape index (κ1) is 16.0. The summed E-state index contributed by atoms with van der Waals surface area (Å²) in [5, 5.41) is 0. The van der Waals surface area contributed by atoms with Gasteiger partial charge in [0.25, 0.3) is 0 Å². The number of aryl methyl sites for hydroxylation is 1. The van der Waals surface area contributed by atoms with Crippen molar-refractivity contribution in [2.24, 2.45) is 0 Å². The van der Waals surface area contributed by atoms with Crippen LogP contribution in [0.5, 0.6) is 0 Å². The number of benzene rings is 2. The summed E-state index contributed by atoms with van der Waals surface area (Å²) in [4.78, 5) is 2.65. The molecule has 1 aliphatic heterocycles. The van der Waals surface area contributed by atoms with Crippen LogP contribution in [0.2, 0.25) is 0 Å². The lowest BCUT2D eigenvalue weighted by molar-refractivity contribution is 0.342. The zero-order chi connectivity index (χ0) is 16.4. The highest BCUT2D eigenvalue weighted by Gasteiger charge is 2.32. The lowest BCUT2D eigenvalue weighted by Gasteiger charge is -2.40. The second-order valence-electron chi connectivity index (χ2n) is 6.06. The number of piperazine rings is 1. The van der Waals surface area contributed by atoms with Crippen molar-refractivity contribution in [3.05, 3.63) is 60.2 Å². The third-order valence-corrected chi connectivity index (χ3v) is 6.17. The third kappa shape index (κ3) is 3.26.